The minimum absolute atomic E-state index is 0.0134. The second-order valence-corrected chi connectivity index (χ2v) is 7.78. The molecule has 0 spiro atoms. The predicted molar refractivity (Wildman–Crippen MR) is 82.5 cm³/mol. The molecule has 2 atom stereocenters. The monoisotopic (exact) mass is 326 g/mol. The van der Waals surface area contributed by atoms with Crippen molar-refractivity contribution in [1.82, 2.24) is 4.72 Å². The van der Waals surface area contributed by atoms with Crippen molar-refractivity contribution in [2.75, 3.05) is 0 Å². The van der Waals surface area contributed by atoms with Crippen molar-refractivity contribution >= 4 is 21.6 Å². The molecule has 2 unspecified atom stereocenters. The van der Waals surface area contributed by atoms with Gasteiger partial charge in [-0.25, -0.2) is 13.1 Å². The molecule has 1 aliphatic rings. The Hall–Kier alpha value is -1.09. The van der Waals surface area contributed by atoms with Crippen molar-refractivity contribution in [2.45, 2.75) is 50.0 Å². The number of hydrogen-bond acceptors (Lipinski definition) is 3. The predicted octanol–water partition coefficient (Wildman–Crippen LogP) is 3.46. The summed E-state index contributed by atoms with van der Waals surface area (Å²) < 4.78 is 27.7. The molecule has 2 rings (SSSR count). The lowest BCUT2D eigenvalue weighted by Crippen LogP contribution is -2.34. The van der Waals surface area contributed by atoms with Crippen molar-refractivity contribution in [2.24, 2.45) is 5.92 Å². The van der Waals surface area contributed by atoms with E-state index in [-0.39, 0.29) is 21.5 Å². The molecular formula is C15H19ClN2O2S. The minimum Gasteiger partial charge on any atom is -0.208 e. The zero-order valence-electron chi connectivity index (χ0n) is 12.0. The van der Waals surface area contributed by atoms with Crippen LogP contribution in [0.4, 0.5) is 0 Å². The van der Waals surface area contributed by atoms with E-state index in [1.165, 1.54) is 18.2 Å². The Morgan fingerprint density at radius 3 is 2.76 bits per heavy atom. The fourth-order valence-electron chi connectivity index (χ4n) is 2.67. The smallest absolute Gasteiger partial charge is 0.208 e. The Bertz CT molecular complexity index is 652. The summed E-state index contributed by atoms with van der Waals surface area (Å²) in [7, 11) is -3.69. The van der Waals surface area contributed by atoms with Crippen LogP contribution in [0.1, 0.15) is 44.6 Å². The molecule has 0 amide bonds. The number of hydrogen-bond donors (Lipinski definition) is 1. The highest BCUT2D eigenvalue weighted by molar-refractivity contribution is 7.89. The second kappa shape index (κ2) is 6.78. The van der Waals surface area contributed by atoms with E-state index < -0.39 is 10.0 Å². The van der Waals surface area contributed by atoms with Crippen LogP contribution >= 0.6 is 11.6 Å². The number of benzene rings is 1. The van der Waals surface area contributed by atoms with Gasteiger partial charge in [0.2, 0.25) is 10.0 Å². The van der Waals surface area contributed by atoms with Crippen LogP contribution in [-0.4, -0.2) is 14.5 Å². The van der Waals surface area contributed by atoms with Crippen LogP contribution in [0.25, 0.3) is 0 Å². The molecule has 1 fully saturated rings. The Kier molecular flexibility index (Phi) is 5.26. The lowest BCUT2D eigenvalue weighted by Gasteiger charge is -2.17. The van der Waals surface area contributed by atoms with E-state index in [0.29, 0.717) is 5.92 Å². The summed E-state index contributed by atoms with van der Waals surface area (Å²) in [5.74, 6) is 0.644. The van der Waals surface area contributed by atoms with Crippen molar-refractivity contribution in [3.63, 3.8) is 0 Å². The largest absolute Gasteiger partial charge is 0.242 e. The van der Waals surface area contributed by atoms with E-state index in [1.807, 2.05) is 6.07 Å². The number of nitrogens with one attached hydrogen (secondary N) is 1. The van der Waals surface area contributed by atoms with Crippen LogP contribution in [0.15, 0.2) is 23.1 Å². The van der Waals surface area contributed by atoms with Gasteiger partial charge in [0.05, 0.1) is 16.7 Å². The zero-order chi connectivity index (χ0) is 15.5. The number of nitriles is 1. The Morgan fingerprint density at radius 1 is 1.29 bits per heavy atom. The Labute approximate surface area is 131 Å². The minimum atomic E-state index is -3.69. The molecule has 0 aliphatic heterocycles. The molecule has 0 bridgehead atoms. The third-order valence-electron chi connectivity index (χ3n) is 3.93. The van der Waals surface area contributed by atoms with Crippen LogP contribution in [-0.2, 0) is 10.0 Å². The quantitative estimate of drug-likeness (QED) is 0.865. The maximum Gasteiger partial charge on any atom is 0.242 e. The van der Waals surface area contributed by atoms with Gasteiger partial charge in [0.1, 0.15) is 4.90 Å². The highest BCUT2D eigenvalue weighted by atomic mass is 35.5. The summed E-state index contributed by atoms with van der Waals surface area (Å²) in [4.78, 5) is -0.0134. The lowest BCUT2D eigenvalue weighted by atomic mass is 10.0. The summed E-state index contributed by atoms with van der Waals surface area (Å²) >= 11 is 5.98. The van der Waals surface area contributed by atoms with Gasteiger partial charge < -0.3 is 0 Å². The van der Waals surface area contributed by atoms with Gasteiger partial charge in [-0.15, -0.1) is 0 Å². The maximum absolute atomic E-state index is 12.5. The topological polar surface area (TPSA) is 70.0 Å². The van der Waals surface area contributed by atoms with Gasteiger partial charge in [0, 0.05) is 6.04 Å². The zero-order valence-corrected chi connectivity index (χ0v) is 13.5. The lowest BCUT2D eigenvalue weighted by molar-refractivity contribution is 0.484. The van der Waals surface area contributed by atoms with Gasteiger partial charge in [-0.3, -0.25) is 0 Å². The number of sulfonamides is 1. The van der Waals surface area contributed by atoms with E-state index in [2.05, 4.69) is 11.6 Å². The molecule has 0 heterocycles. The summed E-state index contributed by atoms with van der Waals surface area (Å²) in [6, 6.07) is 6.16. The fourth-order valence-corrected chi connectivity index (χ4v) is 4.50. The molecule has 0 aromatic heterocycles. The first-order valence-corrected chi connectivity index (χ1v) is 9.00. The van der Waals surface area contributed by atoms with Crippen LogP contribution < -0.4 is 4.72 Å². The molecule has 0 saturated heterocycles. The van der Waals surface area contributed by atoms with E-state index >= 15 is 0 Å². The van der Waals surface area contributed by atoms with Crippen LogP contribution in [0.2, 0.25) is 5.02 Å². The third kappa shape index (κ3) is 4.19. The van der Waals surface area contributed by atoms with Crippen molar-refractivity contribution in [3.8, 4) is 6.07 Å². The molecule has 6 heteroatoms. The van der Waals surface area contributed by atoms with E-state index in [9.17, 15) is 8.42 Å². The molecule has 21 heavy (non-hydrogen) atoms. The molecule has 1 aromatic rings. The summed E-state index contributed by atoms with van der Waals surface area (Å²) in [5.41, 5.74) is 0.286. The normalized spacial score (nSPS) is 23.3. The fraction of sp³-hybridized carbons (Fsp3) is 0.533. The highest BCUT2D eigenvalue weighted by Gasteiger charge is 2.24. The first-order chi connectivity index (χ1) is 9.92. The molecule has 4 nitrogen and oxygen atoms in total. The molecule has 1 aromatic carbocycles. The summed E-state index contributed by atoms with van der Waals surface area (Å²) in [6.45, 7) is 2.20. The van der Waals surface area contributed by atoms with Gasteiger partial charge in [0.25, 0.3) is 0 Å². The highest BCUT2D eigenvalue weighted by Crippen LogP contribution is 2.26. The van der Waals surface area contributed by atoms with E-state index in [4.69, 9.17) is 16.9 Å². The number of rotatable bonds is 3. The average Bonchev–Trinajstić information content (AvgIpc) is 2.63. The van der Waals surface area contributed by atoms with Gasteiger partial charge in [-0.2, -0.15) is 5.26 Å². The standard InChI is InChI=1S/C15H19ClN2O2S/c1-11-3-2-4-13(7-5-11)18-21(19,20)15-9-12(10-17)6-8-14(15)16/h6,8-9,11,13,18H,2-5,7H2,1H3. The number of nitrogens with zero attached hydrogens (tertiary/aromatic N) is 1. The summed E-state index contributed by atoms with van der Waals surface area (Å²) in [5, 5.41) is 9.04. The molecule has 1 aliphatic carbocycles. The molecule has 1 saturated carbocycles. The molecule has 1 N–H and O–H groups in total. The van der Waals surface area contributed by atoms with Crippen molar-refractivity contribution in [1.29, 1.82) is 5.26 Å². The Morgan fingerprint density at radius 2 is 2.05 bits per heavy atom. The first kappa shape index (κ1) is 16.3. The van der Waals surface area contributed by atoms with Crippen molar-refractivity contribution in [3.05, 3.63) is 28.8 Å². The molecular weight excluding hydrogens is 308 g/mol. The second-order valence-electron chi connectivity index (χ2n) is 5.69. The maximum atomic E-state index is 12.5. The van der Waals surface area contributed by atoms with Gasteiger partial charge in [-0.05, 0) is 43.4 Å². The first-order valence-electron chi connectivity index (χ1n) is 7.14. The SMILES string of the molecule is CC1CCCC(NS(=O)(=O)c2cc(C#N)ccc2Cl)CC1. The molecule has 114 valence electrons. The van der Waals surface area contributed by atoms with Gasteiger partial charge in [0.15, 0.2) is 0 Å². The number of halogens is 1. The molecule has 0 radical (unpaired) electrons. The van der Waals surface area contributed by atoms with Gasteiger partial charge in [-0.1, -0.05) is 31.4 Å². The van der Waals surface area contributed by atoms with E-state index in [0.717, 1.165) is 32.1 Å². The van der Waals surface area contributed by atoms with Crippen LogP contribution in [0, 0.1) is 17.2 Å². The van der Waals surface area contributed by atoms with Crippen molar-refractivity contribution < 1.29 is 8.42 Å². The van der Waals surface area contributed by atoms with Gasteiger partial charge >= 0.3 is 0 Å². The van der Waals surface area contributed by atoms with Crippen LogP contribution in [0.5, 0.6) is 0 Å². The average molecular weight is 327 g/mol. The summed E-state index contributed by atoms with van der Waals surface area (Å²) in [6.07, 6.45) is 4.89. The van der Waals surface area contributed by atoms with E-state index in [1.54, 1.807) is 0 Å². The third-order valence-corrected chi connectivity index (χ3v) is 5.93. The van der Waals surface area contributed by atoms with Crippen LogP contribution in [0.3, 0.4) is 0 Å². The Balaban J connectivity index is 2.20.